The van der Waals surface area contributed by atoms with E-state index in [0.29, 0.717) is 21.6 Å². The van der Waals surface area contributed by atoms with E-state index in [0.717, 1.165) is 21.5 Å². The third-order valence-corrected chi connectivity index (χ3v) is 5.51. The van der Waals surface area contributed by atoms with Crippen LogP contribution in [0.25, 0.3) is 26.1 Å². The van der Waals surface area contributed by atoms with Gasteiger partial charge in [0.05, 0.1) is 28.0 Å². The van der Waals surface area contributed by atoms with E-state index in [1.54, 1.807) is 19.2 Å². The van der Waals surface area contributed by atoms with Crippen LogP contribution in [0, 0.1) is 0 Å². The van der Waals surface area contributed by atoms with Crippen molar-refractivity contribution >= 4 is 43.2 Å². The van der Waals surface area contributed by atoms with Gasteiger partial charge < -0.3 is 10.1 Å². The van der Waals surface area contributed by atoms with Gasteiger partial charge in [0.15, 0.2) is 0 Å². The molecule has 136 valence electrons. The molecule has 0 unspecified atom stereocenters. The van der Waals surface area contributed by atoms with Gasteiger partial charge in [-0.1, -0.05) is 17.3 Å². The Kier molecular flexibility index (Phi) is 4.12. The minimum Gasteiger partial charge on any atom is -0.411 e. The van der Waals surface area contributed by atoms with Crippen LogP contribution in [-0.4, -0.2) is 39.5 Å². The lowest BCUT2D eigenvalue weighted by molar-refractivity contribution is 0.319. The lowest BCUT2D eigenvalue weighted by atomic mass is 10.1. The number of nitrogens with zero attached hydrogens (tertiary/aromatic N) is 5. The van der Waals surface area contributed by atoms with Crippen LogP contribution >= 0.6 is 11.3 Å². The predicted octanol–water partition coefficient (Wildman–Crippen LogP) is 3.26. The van der Waals surface area contributed by atoms with Gasteiger partial charge in [-0.25, -0.2) is 9.97 Å². The van der Waals surface area contributed by atoms with Gasteiger partial charge in [-0.3, -0.25) is 9.36 Å². The molecule has 0 radical (unpaired) electrons. The molecular weight excluding hydrogens is 362 g/mol. The van der Waals surface area contributed by atoms with Crippen molar-refractivity contribution in [2.45, 2.75) is 6.92 Å². The number of pyridine rings is 1. The first kappa shape index (κ1) is 17.2. The Morgan fingerprint density at radius 2 is 2.07 bits per heavy atom. The van der Waals surface area contributed by atoms with Gasteiger partial charge in [0.1, 0.15) is 15.9 Å². The lowest BCUT2D eigenvalue weighted by Crippen LogP contribution is -2.18. The monoisotopic (exact) mass is 379 g/mol. The largest absolute Gasteiger partial charge is 0.411 e. The summed E-state index contributed by atoms with van der Waals surface area (Å²) in [4.78, 5) is 24.9. The van der Waals surface area contributed by atoms with Crippen molar-refractivity contribution in [2.75, 3.05) is 19.0 Å². The molecule has 1 aromatic carbocycles. The molecule has 0 spiro atoms. The fourth-order valence-electron chi connectivity index (χ4n) is 3.03. The molecule has 0 atom stereocenters. The van der Waals surface area contributed by atoms with Gasteiger partial charge in [-0.15, -0.1) is 11.3 Å². The molecule has 0 amide bonds. The summed E-state index contributed by atoms with van der Waals surface area (Å²) in [6.07, 6.45) is 3.28. The van der Waals surface area contributed by atoms with Crippen molar-refractivity contribution in [3.63, 3.8) is 0 Å². The zero-order valence-electron chi connectivity index (χ0n) is 15.0. The number of rotatable bonds is 3. The SMILES string of the molecule is C/C(=N\O)c1cccc(-n2cnc3c(sc4nccc(N(C)C)c43)c2=O)c1. The van der Waals surface area contributed by atoms with E-state index in [4.69, 9.17) is 5.21 Å². The number of aromatic nitrogens is 3. The average molecular weight is 379 g/mol. The third kappa shape index (κ3) is 2.74. The van der Waals surface area contributed by atoms with Crippen molar-refractivity contribution in [3.8, 4) is 5.69 Å². The molecule has 0 aliphatic carbocycles. The summed E-state index contributed by atoms with van der Waals surface area (Å²) in [5, 5.41) is 13.1. The molecule has 4 rings (SSSR count). The quantitative estimate of drug-likeness (QED) is 0.336. The van der Waals surface area contributed by atoms with Crippen LogP contribution in [0.4, 0.5) is 5.69 Å². The van der Waals surface area contributed by atoms with Crippen molar-refractivity contribution in [1.82, 2.24) is 14.5 Å². The zero-order valence-corrected chi connectivity index (χ0v) is 15.9. The van der Waals surface area contributed by atoms with E-state index in [-0.39, 0.29) is 5.56 Å². The van der Waals surface area contributed by atoms with Crippen LogP contribution in [0.15, 0.2) is 52.8 Å². The lowest BCUT2D eigenvalue weighted by Gasteiger charge is -2.13. The molecule has 0 aliphatic rings. The highest BCUT2D eigenvalue weighted by Gasteiger charge is 2.17. The summed E-state index contributed by atoms with van der Waals surface area (Å²) in [5.41, 5.74) is 3.36. The first-order valence-electron chi connectivity index (χ1n) is 8.27. The van der Waals surface area contributed by atoms with Crippen LogP contribution in [-0.2, 0) is 0 Å². The molecule has 3 aromatic heterocycles. The number of hydrogen-bond donors (Lipinski definition) is 1. The van der Waals surface area contributed by atoms with Gasteiger partial charge >= 0.3 is 0 Å². The van der Waals surface area contributed by atoms with E-state index in [1.165, 1.54) is 22.2 Å². The second-order valence-corrected chi connectivity index (χ2v) is 7.34. The second kappa shape index (κ2) is 6.48. The standard InChI is InChI=1S/C19H17N5O2S/c1-11(22-26)12-5-4-6-13(9-12)24-10-21-16-15-14(23(2)3)7-8-20-18(15)27-17(16)19(24)25/h4-10,26H,1-3H3/b22-11+. The first-order chi connectivity index (χ1) is 13.0. The molecule has 3 heterocycles. The van der Waals surface area contributed by atoms with Crippen LogP contribution in [0.3, 0.4) is 0 Å². The predicted molar refractivity (Wildman–Crippen MR) is 109 cm³/mol. The Balaban J connectivity index is 1.98. The van der Waals surface area contributed by atoms with Crippen LogP contribution < -0.4 is 10.5 Å². The molecule has 27 heavy (non-hydrogen) atoms. The maximum atomic E-state index is 13.1. The molecule has 7 nitrogen and oxygen atoms in total. The number of hydrogen-bond acceptors (Lipinski definition) is 7. The third-order valence-electron chi connectivity index (χ3n) is 4.43. The molecule has 8 heteroatoms. The number of oxime groups is 1. The number of fused-ring (bicyclic) bond motifs is 3. The number of benzene rings is 1. The summed E-state index contributed by atoms with van der Waals surface area (Å²) in [7, 11) is 3.91. The molecule has 1 N–H and O–H groups in total. The maximum absolute atomic E-state index is 13.1. The van der Waals surface area contributed by atoms with E-state index in [1.807, 2.05) is 43.3 Å². The summed E-state index contributed by atoms with van der Waals surface area (Å²) in [6.45, 7) is 1.70. The zero-order chi connectivity index (χ0) is 19.1. The minimum absolute atomic E-state index is 0.150. The van der Waals surface area contributed by atoms with Crippen molar-refractivity contribution < 1.29 is 5.21 Å². The smallest absolute Gasteiger partial charge is 0.275 e. The van der Waals surface area contributed by atoms with E-state index in [2.05, 4.69) is 15.1 Å². The second-order valence-electron chi connectivity index (χ2n) is 6.34. The van der Waals surface area contributed by atoms with E-state index < -0.39 is 0 Å². The van der Waals surface area contributed by atoms with Gasteiger partial charge in [0.25, 0.3) is 5.56 Å². The Morgan fingerprint density at radius 3 is 2.81 bits per heavy atom. The van der Waals surface area contributed by atoms with Crippen molar-refractivity contribution in [2.24, 2.45) is 5.16 Å². The summed E-state index contributed by atoms with van der Waals surface area (Å²) < 4.78 is 2.06. The van der Waals surface area contributed by atoms with Crippen molar-refractivity contribution in [1.29, 1.82) is 0 Å². The highest BCUT2D eigenvalue weighted by Crippen LogP contribution is 2.35. The maximum Gasteiger partial charge on any atom is 0.275 e. The number of thiophene rings is 1. The summed E-state index contributed by atoms with van der Waals surface area (Å²) >= 11 is 1.35. The highest BCUT2D eigenvalue weighted by atomic mass is 32.1. The van der Waals surface area contributed by atoms with Gasteiger partial charge in [-0.2, -0.15) is 0 Å². The van der Waals surface area contributed by atoms with Crippen LogP contribution in [0.1, 0.15) is 12.5 Å². The fourth-order valence-corrected chi connectivity index (χ4v) is 4.08. The molecule has 0 fully saturated rings. The molecule has 4 aromatic rings. The topological polar surface area (TPSA) is 83.6 Å². The van der Waals surface area contributed by atoms with Gasteiger partial charge in [0, 0.05) is 25.9 Å². The normalized spacial score (nSPS) is 12.0. The molecule has 0 saturated heterocycles. The Bertz CT molecular complexity index is 1260. The average Bonchev–Trinajstić information content (AvgIpc) is 3.07. The Hall–Kier alpha value is -3.26. The minimum atomic E-state index is -0.150. The van der Waals surface area contributed by atoms with Gasteiger partial charge in [0.2, 0.25) is 0 Å². The Labute approximate surface area is 158 Å². The van der Waals surface area contributed by atoms with Crippen LogP contribution in [0.2, 0.25) is 0 Å². The molecule has 0 aliphatic heterocycles. The first-order valence-corrected chi connectivity index (χ1v) is 9.08. The van der Waals surface area contributed by atoms with Gasteiger partial charge in [-0.05, 0) is 25.1 Å². The van der Waals surface area contributed by atoms with Crippen LogP contribution in [0.5, 0.6) is 0 Å². The molecular formula is C19H17N5O2S. The summed E-state index contributed by atoms with van der Waals surface area (Å²) in [5.74, 6) is 0. The Morgan fingerprint density at radius 1 is 1.26 bits per heavy atom. The molecule has 0 bridgehead atoms. The summed E-state index contributed by atoms with van der Waals surface area (Å²) in [6, 6.07) is 9.16. The van der Waals surface area contributed by atoms with E-state index in [9.17, 15) is 4.79 Å². The highest BCUT2D eigenvalue weighted by molar-refractivity contribution is 7.25. The fraction of sp³-hybridized carbons (Fsp3) is 0.158. The van der Waals surface area contributed by atoms with E-state index >= 15 is 0 Å². The number of anilines is 1. The molecule has 0 saturated carbocycles. The van der Waals surface area contributed by atoms with Crippen molar-refractivity contribution in [3.05, 3.63) is 58.8 Å².